The summed E-state index contributed by atoms with van der Waals surface area (Å²) in [6.07, 6.45) is 3.71. The molecule has 0 saturated heterocycles. The van der Waals surface area contributed by atoms with Gasteiger partial charge in [0.1, 0.15) is 5.82 Å². The minimum atomic E-state index is -0.421. The third kappa shape index (κ3) is 2.63. The van der Waals surface area contributed by atoms with E-state index in [4.69, 9.17) is 5.73 Å². The lowest BCUT2D eigenvalue weighted by molar-refractivity contribution is 0.100. The van der Waals surface area contributed by atoms with Gasteiger partial charge in [-0.1, -0.05) is 37.3 Å². The number of carbonyl (C=O) groups excluding carboxylic acids is 1. The lowest BCUT2D eigenvalue weighted by Gasteiger charge is -2.14. The molecule has 1 aromatic heterocycles. The number of nitrogens with two attached hydrogens (primary N) is 1. The summed E-state index contributed by atoms with van der Waals surface area (Å²) in [5, 5.41) is 0. The Morgan fingerprint density at radius 2 is 1.77 bits per heavy atom. The van der Waals surface area contributed by atoms with E-state index in [0.717, 1.165) is 11.5 Å². The molecule has 0 bridgehead atoms. The zero-order valence-corrected chi connectivity index (χ0v) is 12.3. The number of carbonyl (C=O) groups is 1. The Morgan fingerprint density at radius 1 is 1.09 bits per heavy atom. The van der Waals surface area contributed by atoms with Gasteiger partial charge in [0.05, 0.1) is 0 Å². The molecule has 0 aliphatic carbocycles. The van der Waals surface area contributed by atoms with Crippen LogP contribution in [0.25, 0.3) is 5.69 Å². The van der Waals surface area contributed by atoms with Gasteiger partial charge < -0.3 is 10.3 Å². The van der Waals surface area contributed by atoms with Crippen LogP contribution < -0.4 is 5.73 Å². The molecule has 110 valence electrons. The molecule has 0 aliphatic rings. The SMILES string of the molecule is CC(c1ccccc1)c1nccn1-c1ccc(C(N)=O)cc1. The van der Waals surface area contributed by atoms with Crippen LogP contribution in [-0.2, 0) is 0 Å². The quantitative estimate of drug-likeness (QED) is 0.802. The van der Waals surface area contributed by atoms with Crippen LogP contribution in [0.3, 0.4) is 0 Å². The number of rotatable bonds is 4. The summed E-state index contributed by atoms with van der Waals surface area (Å²) in [6, 6.07) is 17.5. The Labute approximate surface area is 129 Å². The van der Waals surface area contributed by atoms with E-state index in [1.165, 1.54) is 5.56 Å². The number of aromatic nitrogens is 2. The number of hydrogen-bond acceptors (Lipinski definition) is 2. The van der Waals surface area contributed by atoms with Crippen molar-refractivity contribution >= 4 is 5.91 Å². The molecule has 2 N–H and O–H groups in total. The summed E-state index contributed by atoms with van der Waals surface area (Å²) < 4.78 is 2.03. The standard InChI is InChI=1S/C18H17N3O/c1-13(14-5-3-2-4-6-14)18-20-11-12-21(18)16-9-7-15(8-10-16)17(19)22/h2-13H,1H3,(H2,19,22). The second kappa shape index (κ2) is 5.85. The molecule has 0 spiro atoms. The van der Waals surface area contributed by atoms with E-state index in [0.29, 0.717) is 5.56 Å². The van der Waals surface area contributed by atoms with Crippen LogP contribution in [0.2, 0.25) is 0 Å². The summed E-state index contributed by atoms with van der Waals surface area (Å²) in [4.78, 5) is 15.7. The maximum atomic E-state index is 11.2. The Kier molecular flexibility index (Phi) is 3.74. The number of nitrogens with zero attached hydrogens (tertiary/aromatic N) is 2. The van der Waals surface area contributed by atoms with Gasteiger partial charge in [0.15, 0.2) is 0 Å². The molecule has 0 saturated carbocycles. The van der Waals surface area contributed by atoms with Gasteiger partial charge in [-0.2, -0.15) is 0 Å². The Hall–Kier alpha value is -2.88. The smallest absolute Gasteiger partial charge is 0.248 e. The van der Waals surface area contributed by atoms with Crippen molar-refractivity contribution in [3.05, 3.63) is 83.9 Å². The highest BCUT2D eigenvalue weighted by molar-refractivity contribution is 5.92. The topological polar surface area (TPSA) is 60.9 Å². The third-order valence-electron chi connectivity index (χ3n) is 3.79. The molecule has 4 heteroatoms. The number of hydrogen-bond donors (Lipinski definition) is 1. The molecule has 22 heavy (non-hydrogen) atoms. The van der Waals surface area contributed by atoms with Crippen molar-refractivity contribution in [2.24, 2.45) is 5.73 Å². The van der Waals surface area contributed by atoms with E-state index in [1.54, 1.807) is 18.3 Å². The molecule has 0 aliphatic heterocycles. The highest BCUT2D eigenvalue weighted by Gasteiger charge is 2.15. The predicted molar refractivity (Wildman–Crippen MR) is 86.0 cm³/mol. The van der Waals surface area contributed by atoms with E-state index in [1.807, 2.05) is 41.1 Å². The normalized spacial score (nSPS) is 12.0. The van der Waals surface area contributed by atoms with Crippen molar-refractivity contribution < 1.29 is 4.79 Å². The summed E-state index contributed by atoms with van der Waals surface area (Å²) in [5.41, 5.74) is 7.95. The van der Waals surface area contributed by atoms with E-state index in [-0.39, 0.29) is 5.92 Å². The molecule has 1 atom stereocenters. The van der Waals surface area contributed by atoms with Crippen molar-refractivity contribution in [3.8, 4) is 5.69 Å². The second-order valence-corrected chi connectivity index (χ2v) is 5.20. The first-order valence-corrected chi connectivity index (χ1v) is 7.15. The average Bonchev–Trinajstić information content (AvgIpc) is 3.04. The monoisotopic (exact) mass is 291 g/mol. The highest BCUT2D eigenvalue weighted by atomic mass is 16.1. The zero-order chi connectivity index (χ0) is 15.5. The van der Waals surface area contributed by atoms with Gasteiger partial charge in [0.25, 0.3) is 0 Å². The van der Waals surface area contributed by atoms with Crippen molar-refractivity contribution in [3.63, 3.8) is 0 Å². The molecule has 0 radical (unpaired) electrons. The van der Waals surface area contributed by atoms with Crippen LogP contribution in [0, 0.1) is 0 Å². The zero-order valence-electron chi connectivity index (χ0n) is 12.3. The Bertz CT molecular complexity index is 776. The van der Waals surface area contributed by atoms with Crippen molar-refractivity contribution in [2.75, 3.05) is 0 Å². The number of amides is 1. The van der Waals surface area contributed by atoms with Crippen molar-refractivity contribution in [2.45, 2.75) is 12.8 Å². The molecule has 4 nitrogen and oxygen atoms in total. The van der Waals surface area contributed by atoms with Gasteiger partial charge in [-0.05, 0) is 29.8 Å². The van der Waals surface area contributed by atoms with Gasteiger partial charge >= 0.3 is 0 Å². The molecule has 1 amide bonds. The van der Waals surface area contributed by atoms with Gasteiger partial charge in [-0.15, -0.1) is 0 Å². The molecule has 3 aromatic rings. The maximum Gasteiger partial charge on any atom is 0.248 e. The van der Waals surface area contributed by atoms with Crippen LogP contribution in [0.15, 0.2) is 67.0 Å². The minimum absolute atomic E-state index is 0.173. The summed E-state index contributed by atoms with van der Waals surface area (Å²) in [6.45, 7) is 2.13. The highest BCUT2D eigenvalue weighted by Crippen LogP contribution is 2.24. The fraction of sp³-hybridized carbons (Fsp3) is 0.111. The molecule has 1 heterocycles. The number of primary amides is 1. The number of benzene rings is 2. The van der Waals surface area contributed by atoms with Gasteiger partial charge in [-0.25, -0.2) is 4.98 Å². The van der Waals surface area contributed by atoms with Gasteiger partial charge in [-0.3, -0.25) is 4.79 Å². The molecular weight excluding hydrogens is 274 g/mol. The van der Waals surface area contributed by atoms with Crippen LogP contribution >= 0.6 is 0 Å². The third-order valence-corrected chi connectivity index (χ3v) is 3.79. The summed E-state index contributed by atoms with van der Waals surface area (Å²) >= 11 is 0. The summed E-state index contributed by atoms with van der Waals surface area (Å²) in [7, 11) is 0. The van der Waals surface area contributed by atoms with E-state index in [2.05, 4.69) is 24.0 Å². The predicted octanol–water partition coefficient (Wildman–Crippen LogP) is 3.12. The first-order valence-electron chi connectivity index (χ1n) is 7.15. The summed E-state index contributed by atoms with van der Waals surface area (Å²) in [5.74, 6) is 0.708. The molecule has 3 rings (SSSR count). The number of imidazole rings is 1. The first-order chi connectivity index (χ1) is 10.7. The van der Waals surface area contributed by atoms with Crippen molar-refractivity contribution in [1.82, 2.24) is 9.55 Å². The minimum Gasteiger partial charge on any atom is -0.366 e. The average molecular weight is 291 g/mol. The Balaban J connectivity index is 1.97. The van der Waals surface area contributed by atoms with E-state index in [9.17, 15) is 4.79 Å². The maximum absolute atomic E-state index is 11.2. The van der Waals surface area contributed by atoms with Gasteiger partial charge in [0, 0.05) is 29.6 Å². The van der Waals surface area contributed by atoms with Crippen LogP contribution in [0.4, 0.5) is 0 Å². The van der Waals surface area contributed by atoms with E-state index >= 15 is 0 Å². The van der Waals surface area contributed by atoms with Crippen LogP contribution in [-0.4, -0.2) is 15.5 Å². The second-order valence-electron chi connectivity index (χ2n) is 5.20. The first kappa shape index (κ1) is 14.1. The molecule has 0 fully saturated rings. The Morgan fingerprint density at radius 3 is 2.41 bits per heavy atom. The fourth-order valence-electron chi connectivity index (χ4n) is 2.53. The van der Waals surface area contributed by atoms with Crippen LogP contribution in [0.1, 0.15) is 34.6 Å². The molecule has 1 unspecified atom stereocenters. The lowest BCUT2D eigenvalue weighted by atomic mass is 10.0. The van der Waals surface area contributed by atoms with Crippen LogP contribution in [0.5, 0.6) is 0 Å². The largest absolute Gasteiger partial charge is 0.366 e. The lowest BCUT2D eigenvalue weighted by Crippen LogP contribution is -2.11. The molecular formula is C18H17N3O. The van der Waals surface area contributed by atoms with E-state index < -0.39 is 5.91 Å². The van der Waals surface area contributed by atoms with Crippen molar-refractivity contribution in [1.29, 1.82) is 0 Å². The molecule has 2 aromatic carbocycles. The van der Waals surface area contributed by atoms with Gasteiger partial charge in [0.2, 0.25) is 5.91 Å². The fourth-order valence-corrected chi connectivity index (χ4v) is 2.53.